The molecular weight excluding hydrogens is 301 g/mol. The molecule has 0 fully saturated rings. The summed E-state index contributed by atoms with van der Waals surface area (Å²) >= 11 is 1.47. The topological polar surface area (TPSA) is 54.0 Å². The zero-order chi connectivity index (χ0) is 15.4. The first-order valence-electron chi connectivity index (χ1n) is 6.54. The summed E-state index contributed by atoms with van der Waals surface area (Å²) in [4.78, 5) is 16.3. The third-order valence-electron chi connectivity index (χ3n) is 2.89. The first-order chi connectivity index (χ1) is 10.7. The summed E-state index contributed by atoms with van der Waals surface area (Å²) < 4.78 is 13.1. The van der Waals surface area contributed by atoms with E-state index in [1.807, 2.05) is 11.4 Å². The van der Waals surface area contributed by atoms with Gasteiger partial charge in [-0.3, -0.25) is 4.79 Å². The van der Waals surface area contributed by atoms with E-state index in [1.165, 1.54) is 23.5 Å². The molecule has 0 spiro atoms. The van der Waals surface area contributed by atoms with Crippen LogP contribution in [0.25, 0.3) is 0 Å². The molecular formula is C16H12FN3OS. The smallest absolute Gasteiger partial charge is 0.255 e. The van der Waals surface area contributed by atoms with E-state index in [4.69, 9.17) is 0 Å². The number of nitrogens with zero attached hydrogens (tertiary/aromatic N) is 1. The van der Waals surface area contributed by atoms with Crippen LogP contribution in [-0.2, 0) is 0 Å². The van der Waals surface area contributed by atoms with Gasteiger partial charge in [0.15, 0.2) is 5.13 Å². The van der Waals surface area contributed by atoms with E-state index in [0.717, 1.165) is 10.8 Å². The molecule has 0 aliphatic carbocycles. The van der Waals surface area contributed by atoms with Gasteiger partial charge in [0.05, 0.1) is 0 Å². The third kappa shape index (κ3) is 3.48. The molecule has 0 bridgehead atoms. The number of amides is 1. The molecule has 3 aromatic rings. The number of hydrogen-bond acceptors (Lipinski definition) is 4. The second kappa shape index (κ2) is 6.36. The van der Waals surface area contributed by atoms with E-state index in [9.17, 15) is 9.18 Å². The SMILES string of the molecule is O=C(Nc1cccc(F)c1)c1cccc(Nc2nccs2)c1. The summed E-state index contributed by atoms with van der Waals surface area (Å²) in [6.45, 7) is 0. The molecule has 0 aliphatic heterocycles. The number of carbonyl (C=O) groups is 1. The summed E-state index contributed by atoms with van der Waals surface area (Å²) in [5.41, 5.74) is 1.66. The van der Waals surface area contributed by atoms with Crippen molar-refractivity contribution in [3.05, 3.63) is 71.5 Å². The highest BCUT2D eigenvalue weighted by Gasteiger charge is 2.08. The predicted octanol–water partition coefficient (Wildman–Crippen LogP) is 4.28. The standard InChI is InChI=1S/C16H12FN3OS/c17-12-4-2-6-14(10-12)19-15(21)11-3-1-5-13(9-11)20-16-18-7-8-22-16/h1-10H,(H,18,20)(H,19,21). The van der Waals surface area contributed by atoms with E-state index in [0.29, 0.717) is 11.3 Å². The minimum Gasteiger partial charge on any atom is -0.332 e. The van der Waals surface area contributed by atoms with Crippen LogP contribution in [0.5, 0.6) is 0 Å². The van der Waals surface area contributed by atoms with Gasteiger partial charge in [-0.2, -0.15) is 0 Å². The van der Waals surface area contributed by atoms with Crippen LogP contribution < -0.4 is 10.6 Å². The number of nitrogens with one attached hydrogen (secondary N) is 2. The van der Waals surface area contributed by atoms with Crippen LogP contribution in [0.3, 0.4) is 0 Å². The van der Waals surface area contributed by atoms with Crippen molar-refractivity contribution in [1.29, 1.82) is 0 Å². The fourth-order valence-electron chi connectivity index (χ4n) is 1.92. The highest BCUT2D eigenvalue weighted by molar-refractivity contribution is 7.13. The van der Waals surface area contributed by atoms with Crippen molar-refractivity contribution in [3.8, 4) is 0 Å². The molecule has 1 amide bonds. The molecule has 0 atom stereocenters. The zero-order valence-electron chi connectivity index (χ0n) is 11.4. The lowest BCUT2D eigenvalue weighted by Crippen LogP contribution is -2.12. The minimum absolute atomic E-state index is 0.298. The van der Waals surface area contributed by atoms with Crippen LogP contribution >= 0.6 is 11.3 Å². The molecule has 6 heteroatoms. The van der Waals surface area contributed by atoms with Crippen molar-refractivity contribution >= 4 is 33.8 Å². The number of carbonyl (C=O) groups excluding carboxylic acids is 1. The van der Waals surface area contributed by atoms with Gasteiger partial charge in [0, 0.05) is 28.5 Å². The monoisotopic (exact) mass is 313 g/mol. The number of rotatable bonds is 4. The maximum Gasteiger partial charge on any atom is 0.255 e. The summed E-state index contributed by atoms with van der Waals surface area (Å²) in [6.07, 6.45) is 1.70. The molecule has 1 aromatic heterocycles. The second-order valence-corrected chi connectivity index (χ2v) is 5.40. The number of anilines is 3. The molecule has 1 heterocycles. The van der Waals surface area contributed by atoms with Crippen LogP contribution in [0, 0.1) is 5.82 Å². The van der Waals surface area contributed by atoms with Crippen molar-refractivity contribution in [3.63, 3.8) is 0 Å². The van der Waals surface area contributed by atoms with Gasteiger partial charge >= 0.3 is 0 Å². The number of halogens is 1. The fourth-order valence-corrected chi connectivity index (χ4v) is 2.47. The average Bonchev–Trinajstić information content (AvgIpc) is 3.00. The number of thiazole rings is 1. The van der Waals surface area contributed by atoms with Gasteiger partial charge in [-0.05, 0) is 36.4 Å². The van der Waals surface area contributed by atoms with E-state index in [2.05, 4.69) is 15.6 Å². The van der Waals surface area contributed by atoms with E-state index < -0.39 is 5.82 Å². The van der Waals surface area contributed by atoms with Gasteiger partial charge in [-0.1, -0.05) is 12.1 Å². The van der Waals surface area contributed by atoms with Crippen LogP contribution in [-0.4, -0.2) is 10.9 Å². The van der Waals surface area contributed by atoms with Gasteiger partial charge in [-0.25, -0.2) is 9.37 Å². The first-order valence-corrected chi connectivity index (χ1v) is 7.42. The molecule has 0 unspecified atom stereocenters. The van der Waals surface area contributed by atoms with Crippen molar-refractivity contribution in [2.75, 3.05) is 10.6 Å². The largest absolute Gasteiger partial charge is 0.332 e. The third-order valence-corrected chi connectivity index (χ3v) is 3.58. The molecule has 0 saturated heterocycles. The lowest BCUT2D eigenvalue weighted by atomic mass is 10.2. The Morgan fingerprint density at radius 2 is 1.91 bits per heavy atom. The van der Waals surface area contributed by atoms with Gasteiger partial charge in [0.25, 0.3) is 5.91 Å². The Balaban J connectivity index is 1.75. The maximum atomic E-state index is 13.1. The summed E-state index contributed by atoms with van der Waals surface area (Å²) in [7, 11) is 0. The van der Waals surface area contributed by atoms with Crippen LogP contribution in [0.15, 0.2) is 60.1 Å². The quantitative estimate of drug-likeness (QED) is 0.756. The molecule has 4 nitrogen and oxygen atoms in total. The molecule has 2 aromatic carbocycles. The number of benzene rings is 2. The van der Waals surface area contributed by atoms with Gasteiger partial charge in [0.1, 0.15) is 5.82 Å². The summed E-state index contributed by atoms with van der Waals surface area (Å²) in [5.74, 6) is -0.689. The maximum absolute atomic E-state index is 13.1. The van der Waals surface area contributed by atoms with Gasteiger partial charge < -0.3 is 10.6 Å². The van der Waals surface area contributed by atoms with Gasteiger partial charge in [0.2, 0.25) is 0 Å². The Labute approximate surface area is 130 Å². The Morgan fingerprint density at radius 3 is 2.68 bits per heavy atom. The zero-order valence-corrected chi connectivity index (χ0v) is 12.2. The van der Waals surface area contributed by atoms with Gasteiger partial charge in [-0.15, -0.1) is 11.3 Å². The highest BCUT2D eigenvalue weighted by Crippen LogP contribution is 2.20. The lowest BCUT2D eigenvalue weighted by molar-refractivity contribution is 0.102. The highest BCUT2D eigenvalue weighted by atomic mass is 32.1. The minimum atomic E-state index is -0.392. The van der Waals surface area contributed by atoms with Crippen molar-refractivity contribution in [2.45, 2.75) is 0 Å². The Hall–Kier alpha value is -2.73. The van der Waals surface area contributed by atoms with Crippen molar-refractivity contribution < 1.29 is 9.18 Å². The van der Waals surface area contributed by atoms with E-state index in [1.54, 1.807) is 36.5 Å². The summed E-state index contributed by atoms with van der Waals surface area (Å²) in [6, 6.07) is 12.8. The molecule has 2 N–H and O–H groups in total. The lowest BCUT2D eigenvalue weighted by Gasteiger charge is -2.07. The van der Waals surface area contributed by atoms with E-state index >= 15 is 0 Å². The van der Waals surface area contributed by atoms with Crippen molar-refractivity contribution in [1.82, 2.24) is 4.98 Å². The average molecular weight is 313 g/mol. The Bertz CT molecular complexity index is 790. The first kappa shape index (κ1) is 14.2. The van der Waals surface area contributed by atoms with Crippen LogP contribution in [0.2, 0.25) is 0 Å². The Kier molecular flexibility index (Phi) is 4.11. The Morgan fingerprint density at radius 1 is 1.09 bits per heavy atom. The predicted molar refractivity (Wildman–Crippen MR) is 86.2 cm³/mol. The molecule has 3 rings (SSSR count). The van der Waals surface area contributed by atoms with Crippen LogP contribution in [0.4, 0.5) is 20.9 Å². The molecule has 0 aliphatic rings. The normalized spacial score (nSPS) is 10.2. The fraction of sp³-hybridized carbons (Fsp3) is 0. The molecule has 110 valence electrons. The van der Waals surface area contributed by atoms with Crippen LogP contribution in [0.1, 0.15) is 10.4 Å². The van der Waals surface area contributed by atoms with Crippen molar-refractivity contribution in [2.24, 2.45) is 0 Å². The number of aromatic nitrogens is 1. The summed E-state index contributed by atoms with van der Waals surface area (Å²) in [5, 5.41) is 8.40. The number of hydrogen-bond donors (Lipinski definition) is 2. The second-order valence-electron chi connectivity index (χ2n) is 4.51. The molecule has 0 radical (unpaired) electrons. The molecule has 22 heavy (non-hydrogen) atoms. The molecule has 0 saturated carbocycles. The van der Waals surface area contributed by atoms with E-state index in [-0.39, 0.29) is 5.91 Å².